The lowest BCUT2D eigenvalue weighted by molar-refractivity contribution is -0.121. The normalized spacial score (nSPS) is 13.5. The van der Waals surface area contributed by atoms with Crippen molar-refractivity contribution in [2.45, 2.75) is 32.4 Å². The van der Waals surface area contributed by atoms with Crippen LogP contribution in [0.5, 0.6) is 17.2 Å². The van der Waals surface area contributed by atoms with Gasteiger partial charge in [0.15, 0.2) is 11.5 Å². The fourth-order valence-corrected chi connectivity index (χ4v) is 2.69. The molecular weight excluding hydrogens is 344 g/mol. The molecule has 0 aromatic heterocycles. The summed E-state index contributed by atoms with van der Waals surface area (Å²) >= 11 is 0. The Morgan fingerprint density at radius 1 is 1.15 bits per heavy atom. The fourth-order valence-electron chi connectivity index (χ4n) is 2.69. The molecule has 0 saturated heterocycles. The minimum atomic E-state index is -2.85. The van der Waals surface area contributed by atoms with Gasteiger partial charge in [-0.3, -0.25) is 4.79 Å². The summed E-state index contributed by atoms with van der Waals surface area (Å²) in [6.45, 7) is -0.798. The monoisotopic (exact) mass is 363 g/mol. The van der Waals surface area contributed by atoms with E-state index in [-0.39, 0.29) is 24.5 Å². The van der Waals surface area contributed by atoms with Crippen LogP contribution in [0.4, 0.5) is 8.78 Å². The van der Waals surface area contributed by atoms with Crippen LogP contribution in [0.15, 0.2) is 42.5 Å². The molecule has 1 aliphatic rings. The van der Waals surface area contributed by atoms with Gasteiger partial charge in [-0.2, -0.15) is 8.78 Å². The summed E-state index contributed by atoms with van der Waals surface area (Å²) in [5.74, 6) is 1.40. The third-order valence-electron chi connectivity index (χ3n) is 4.06. The molecule has 0 spiro atoms. The van der Waals surface area contributed by atoms with E-state index in [4.69, 9.17) is 9.47 Å². The molecule has 1 heterocycles. The number of fused-ring (bicyclic) bond motifs is 1. The van der Waals surface area contributed by atoms with Crippen LogP contribution in [0.3, 0.4) is 0 Å². The second-order valence-electron chi connectivity index (χ2n) is 5.92. The van der Waals surface area contributed by atoms with Crippen molar-refractivity contribution in [1.82, 2.24) is 5.32 Å². The van der Waals surface area contributed by atoms with Crippen molar-refractivity contribution >= 4 is 5.91 Å². The van der Waals surface area contributed by atoms with E-state index in [1.807, 2.05) is 25.1 Å². The maximum atomic E-state index is 12.2. The molecule has 7 heteroatoms. The number of ether oxygens (including phenoxy) is 3. The van der Waals surface area contributed by atoms with Crippen LogP contribution in [0.2, 0.25) is 0 Å². The Hall–Kier alpha value is -2.83. The molecule has 138 valence electrons. The summed E-state index contributed by atoms with van der Waals surface area (Å²) in [5, 5.41) is 2.90. The molecule has 0 unspecified atom stereocenters. The van der Waals surface area contributed by atoms with Crippen LogP contribution < -0.4 is 19.5 Å². The highest BCUT2D eigenvalue weighted by molar-refractivity contribution is 5.76. The number of hydrogen-bond acceptors (Lipinski definition) is 4. The quantitative estimate of drug-likeness (QED) is 0.812. The predicted molar refractivity (Wildman–Crippen MR) is 90.5 cm³/mol. The number of amides is 1. The smallest absolute Gasteiger partial charge is 0.387 e. The molecule has 0 radical (unpaired) electrons. The average molecular weight is 363 g/mol. The van der Waals surface area contributed by atoms with Crippen molar-refractivity contribution in [3.63, 3.8) is 0 Å². The Morgan fingerprint density at radius 3 is 2.62 bits per heavy atom. The highest BCUT2D eigenvalue weighted by Gasteiger charge is 2.14. The van der Waals surface area contributed by atoms with Crippen molar-refractivity contribution in [3.05, 3.63) is 53.6 Å². The molecule has 0 bridgehead atoms. The summed E-state index contributed by atoms with van der Waals surface area (Å²) in [4.78, 5) is 12.2. The number of hydrogen-bond donors (Lipinski definition) is 1. The first-order valence-corrected chi connectivity index (χ1v) is 8.24. The molecule has 1 aliphatic heterocycles. The van der Waals surface area contributed by atoms with Gasteiger partial charge in [0, 0.05) is 6.42 Å². The lowest BCUT2D eigenvalue weighted by Gasteiger charge is -2.15. The summed E-state index contributed by atoms with van der Waals surface area (Å²) < 4.78 is 39.2. The third-order valence-corrected chi connectivity index (χ3v) is 4.06. The first kappa shape index (κ1) is 18.0. The molecular formula is C19H19F2NO4. The van der Waals surface area contributed by atoms with Gasteiger partial charge in [-0.05, 0) is 48.7 Å². The zero-order valence-corrected chi connectivity index (χ0v) is 14.2. The van der Waals surface area contributed by atoms with E-state index >= 15 is 0 Å². The second kappa shape index (κ2) is 8.03. The van der Waals surface area contributed by atoms with Crippen molar-refractivity contribution in [2.75, 3.05) is 6.79 Å². The van der Waals surface area contributed by atoms with E-state index in [1.54, 1.807) is 12.1 Å². The summed E-state index contributed by atoms with van der Waals surface area (Å²) in [6, 6.07) is 11.6. The van der Waals surface area contributed by atoms with Crippen LogP contribution in [0.25, 0.3) is 0 Å². The molecule has 3 rings (SSSR count). The van der Waals surface area contributed by atoms with E-state index in [0.717, 1.165) is 11.1 Å². The molecule has 0 fully saturated rings. The number of alkyl halides is 2. The van der Waals surface area contributed by atoms with E-state index in [0.29, 0.717) is 24.3 Å². The van der Waals surface area contributed by atoms with Gasteiger partial charge >= 0.3 is 6.61 Å². The molecule has 0 aliphatic carbocycles. The Morgan fingerprint density at radius 2 is 1.88 bits per heavy atom. The Bertz CT molecular complexity index is 765. The summed E-state index contributed by atoms with van der Waals surface area (Å²) in [5.41, 5.74) is 1.80. The lowest BCUT2D eigenvalue weighted by atomic mass is 10.1. The largest absolute Gasteiger partial charge is 0.454 e. The molecule has 2 aromatic carbocycles. The molecule has 5 nitrogen and oxygen atoms in total. The fraction of sp³-hybridized carbons (Fsp3) is 0.316. The van der Waals surface area contributed by atoms with E-state index in [2.05, 4.69) is 10.1 Å². The molecule has 2 aromatic rings. The highest BCUT2D eigenvalue weighted by atomic mass is 19.3. The van der Waals surface area contributed by atoms with Crippen molar-refractivity contribution in [3.8, 4) is 17.2 Å². The summed E-state index contributed by atoms with van der Waals surface area (Å²) in [6.07, 6.45) is 0.910. The number of benzene rings is 2. The number of aryl methyl sites for hydroxylation is 1. The van der Waals surface area contributed by atoms with Gasteiger partial charge in [0.2, 0.25) is 12.7 Å². The van der Waals surface area contributed by atoms with Crippen molar-refractivity contribution in [1.29, 1.82) is 0 Å². The van der Waals surface area contributed by atoms with Crippen molar-refractivity contribution in [2.24, 2.45) is 0 Å². The van der Waals surface area contributed by atoms with E-state index in [1.165, 1.54) is 12.1 Å². The molecule has 26 heavy (non-hydrogen) atoms. The maximum Gasteiger partial charge on any atom is 0.387 e. The first-order valence-electron chi connectivity index (χ1n) is 8.24. The highest BCUT2D eigenvalue weighted by Crippen LogP contribution is 2.32. The third kappa shape index (κ3) is 4.62. The lowest BCUT2D eigenvalue weighted by Crippen LogP contribution is -2.26. The Balaban J connectivity index is 1.49. The molecule has 1 N–H and O–H groups in total. The number of carbonyl (C=O) groups excluding carboxylic acids is 1. The predicted octanol–water partition coefficient (Wildman–Crippen LogP) is 3.83. The number of rotatable bonds is 7. The van der Waals surface area contributed by atoms with Crippen LogP contribution in [-0.2, 0) is 11.2 Å². The van der Waals surface area contributed by atoms with Crippen LogP contribution in [0.1, 0.15) is 30.5 Å². The average Bonchev–Trinajstić information content (AvgIpc) is 3.07. The van der Waals surface area contributed by atoms with Gasteiger partial charge in [0.1, 0.15) is 5.75 Å². The Labute approximate surface area is 149 Å². The minimum absolute atomic E-state index is 0.0880. The van der Waals surface area contributed by atoms with Gasteiger partial charge in [-0.1, -0.05) is 18.2 Å². The summed E-state index contributed by atoms with van der Waals surface area (Å²) in [7, 11) is 0. The van der Waals surface area contributed by atoms with Crippen molar-refractivity contribution < 1.29 is 27.8 Å². The molecule has 1 amide bonds. The topological polar surface area (TPSA) is 56.8 Å². The van der Waals surface area contributed by atoms with Crippen LogP contribution >= 0.6 is 0 Å². The van der Waals surface area contributed by atoms with E-state index < -0.39 is 6.61 Å². The number of halogens is 2. The molecule has 1 atom stereocenters. The standard InChI is InChI=1S/C19H19F2NO4/c1-12(14-4-6-15(7-5-14)26-19(20)21)22-18(23)9-3-13-2-8-16-17(10-13)25-11-24-16/h2,4-8,10,12,19H,3,9,11H2,1H3,(H,22,23)/t12-/m0/s1. The SMILES string of the molecule is C[C@H](NC(=O)CCc1ccc2c(c1)OCO2)c1ccc(OC(F)F)cc1. The number of carbonyl (C=O) groups is 1. The van der Waals surface area contributed by atoms with Gasteiger partial charge in [0.05, 0.1) is 6.04 Å². The zero-order chi connectivity index (χ0) is 18.5. The zero-order valence-electron chi connectivity index (χ0n) is 14.2. The minimum Gasteiger partial charge on any atom is -0.454 e. The van der Waals surface area contributed by atoms with Gasteiger partial charge in [0.25, 0.3) is 0 Å². The van der Waals surface area contributed by atoms with Gasteiger partial charge in [-0.15, -0.1) is 0 Å². The first-order chi connectivity index (χ1) is 12.5. The van der Waals surface area contributed by atoms with Crippen LogP contribution in [-0.4, -0.2) is 19.3 Å². The van der Waals surface area contributed by atoms with Gasteiger partial charge < -0.3 is 19.5 Å². The van der Waals surface area contributed by atoms with Crippen LogP contribution in [0, 0.1) is 0 Å². The molecule has 0 saturated carbocycles. The Kier molecular flexibility index (Phi) is 5.55. The number of nitrogens with one attached hydrogen (secondary N) is 1. The van der Waals surface area contributed by atoms with E-state index in [9.17, 15) is 13.6 Å². The maximum absolute atomic E-state index is 12.2. The second-order valence-corrected chi connectivity index (χ2v) is 5.92. The van der Waals surface area contributed by atoms with Gasteiger partial charge in [-0.25, -0.2) is 0 Å².